The number of nitro benzene ring substituents is 1. The van der Waals surface area contributed by atoms with E-state index in [-0.39, 0.29) is 34.9 Å². The Morgan fingerprint density at radius 1 is 0.868 bits per heavy atom. The minimum atomic E-state index is -0.558. The molecule has 0 aromatic heterocycles. The number of rotatable bonds is 7. The maximum atomic E-state index is 13.9. The second kappa shape index (κ2) is 11.4. The minimum Gasteiger partial charge on any atom is -0.378 e. The number of amides is 2. The predicted octanol–water partition coefficient (Wildman–Crippen LogP) is 3.72. The number of hydrogen-bond donors (Lipinski definition) is 1. The number of nitrogens with zero attached hydrogens (tertiary/aromatic N) is 3. The first-order chi connectivity index (χ1) is 18.6. The molecule has 0 radical (unpaired) electrons. The third-order valence-electron chi connectivity index (χ3n) is 7.34. The van der Waals surface area contributed by atoms with E-state index in [1.54, 1.807) is 18.2 Å². The highest BCUT2D eigenvalue weighted by Crippen LogP contribution is 2.58. The normalized spacial score (nSPS) is 23.0. The first-order valence-electron chi connectivity index (χ1n) is 12.6. The highest BCUT2D eigenvalue weighted by atomic mass is 16.6. The second-order valence-corrected chi connectivity index (χ2v) is 9.41. The van der Waals surface area contributed by atoms with Crippen molar-refractivity contribution in [3.63, 3.8) is 0 Å². The maximum Gasteiger partial charge on any atom is 0.278 e. The summed E-state index contributed by atoms with van der Waals surface area (Å²) < 4.78 is 5.45. The SMILES string of the molecule is O=C(NN=Cc1ccccc1[N+](=O)[O-])C1[C@H](c2ccccc2)C(C(=O)N2CCOCC2)[C@H]1c1ccccc1. The van der Waals surface area contributed by atoms with Crippen molar-refractivity contribution in [2.24, 2.45) is 16.9 Å². The summed E-state index contributed by atoms with van der Waals surface area (Å²) >= 11 is 0. The van der Waals surface area contributed by atoms with Gasteiger partial charge in [0.2, 0.25) is 11.8 Å². The van der Waals surface area contributed by atoms with Gasteiger partial charge in [-0.15, -0.1) is 0 Å². The molecule has 0 bridgehead atoms. The van der Waals surface area contributed by atoms with Gasteiger partial charge >= 0.3 is 0 Å². The van der Waals surface area contributed by atoms with Crippen LogP contribution in [0.15, 0.2) is 90.0 Å². The molecule has 1 saturated carbocycles. The van der Waals surface area contributed by atoms with Crippen LogP contribution in [0.1, 0.15) is 28.5 Å². The van der Waals surface area contributed by atoms with Crippen molar-refractivity contribution >= 4 is 23.7 Å². The van der Waals surface area contributed by atoms with Crippen LogP contribution in [0.25, 0.3) is 0 Å². The van der Waals surface area contributed by atoms with Crippen molar-refractivity contribution < 1.29 is 19.2 Å². The van der Waals surface area contributed by atoms with Gasteiger partial charge in [0.1, 0.15) is 0 Å². The fraction of sp³-hybridized carbons (Fsp3) is 0.276. The van der Waals surface area contributed by atoms with Gasteiger partial charge in [-0.25, -0.2) is 5.43 Å². The summed E-state index contributed by atoms with van der Waals surface area (Å²) in [5.74, 6) is -2.00. The molecule has 2 aliphatic rings. The lowest BCUT2D eigenvalue weighted by Crippen LogP contribution is -2.57. The molecule has 38 heavy (non-hydrogen) atoms. The summed E-state index contributed by atoms with van der Waals surface area (Å²) in [6, 6.07) is 25.4. The monoisotopic (exact) mass is 512 g/mol. The first-order valence-corrected chi connectivity index (χ1v) is 12.6. The Morgan fingerprint density at radius 3 is 2.00 bits per heavy atom. The topological polar surface area (TPSA) is 114 Å². The number of hydrazone groups is 1. The molecule has 5 rings (SSSR count). The van der Waals surface area contributed by atoms with Crippen molar-refractivity contribution in [1.29, 1.82) is 0 Å². The zero-order valence-electron chi connectivity index (χ0n) is 20.7. The Bertz CT molecular complexity index is 1280. The van der Waals surface area contributed by atoms with Crippen LogP contribution in [0.3, 0.4) is 0 Å². The molecule has 0 unspecified atom stereocenters. The molecule has 1 aliphatic carbocycles. The van der Waals surface area contributed by atoms with Crippen LogP contribution in [0.4, 0.5) is 5.69 Å². The molecule has 1 aliphatic heterocycles. The number of hydrogen-bond acceptors (Lipinski definition) is 6. The van der Waals surface area contributed by atoms with Gasteiger partial charge in [0.05, 0.1) is 41.8 Å². The lowest BCUT2D eigenvalue weighted by Gasteiger charge is -2.52. The first kappa shape index (κ1) is 25.3. The van der Waals surface area contributed by atoms with E-state index in [0.29, 0.717) is 26.3 Å². The van der Waals surface area contributed by atoms with Crippen LogP contribution in [0, 0.1) is 22.0 Å². The van der Waals surface area contributed by atoms with Gasteiger partial charge in [0.25, 0.3) is 5.69 Å². The minimum absolute atomic E-state index is 0.0171. The molecular formula is C29H28N4O5. The average molecular weight is 513 g/mol. The van der Waals surface area contributed by atoms with E-state index in [0.717, 1.165) is 11.1 Å². The molecule has 1 heterocycles. The fourth-order valence-corrected chi connectivity index (χ4v) is 5.56. The quantitative estimate of drug-likeness (QED) is 0.294. The van der Waals surface area contributed by atoms with E-state index in [9.17, 15) is 19.7 Å². The van der Waals surface area contributed by atoms with Crippen molar-refractivity contribution in [1.82, 2.24) is 10.3 Å². The Kier molecular flexibility index (Phi) is 7.55. The molecule has 2 atom stereocenters. The summed E-state index contributed by atoms with van der Waals surface area (Å²) in [5.41, 5.74) is 4.60. The third-order valence-corrected chi connectivity index (χ3v) is 7.34. The molecular weight excluding hydrogens is 484 g/mol. The van der Waals surface area contributed by atoms with Gasteiger partial charge in [-0.1, -0.05) is 72.8 Å². The van der Waals surface area contributed by atoms with E-state index in [2.05, 4.69) is 10.5 Å². The molecule has 3 aromatic rings. The molecule has 194 valence electrons. The predicted molar refractivity (Wildman–Crippen MR) is 142 cm³/mol. The van der Waals surface area contributed by atoms with Crippen molar-refractivity contribution in [3.05, 3.63) is 112 Å². The zero-order valence-corrected chi connectivity index (χ0v) is 20.7. The van der Waals surface area contributed by atoms with E-state index in [4.69, 9.17) is 4.74 Å². The number of ether oxygens (including phenoxy) is 1. The summed E-state index contributed by atoms with van der Waals surface area (Å²) in [5, 5.41) is 15.4. The lowest BCUT2D eigenvalue weighted by molar-refractivity contribution is -0.385. The Labute approximate surface area is 220 Å². The van der Waals surface area contributed by atoms with Gasteiger partial charge in [-0.2, -0.15) is 5.10 Å². The lowest BCUT2D eigenvalue weighted by atomic mass is 9.51. The average Bonchev–Trinajstić information content (AvgIpc) is 2.94. The summed E-state index contributed by atoms with van der Waals surface area (Å²) in [4.78, 5) is 40.2. The van der Waals surface area contributed by atoms with Crippen molar-refractivity contribution in [2.45, 2.75) is 11.8 Å². The molecule has 0 spiro atoms. The molecule has 1 saturated heterocycles. The maximum absolute atomic E-state index is 13.9. The number of benzene rings is 3. The third kappa shape index (κ3) is 5.05. The number of carbonyl (C=O) groups excluding carboxylic acids is 2. The fourth-order valence-electron chi connectivity index (χ4n) is 5.56. The standard InChI is InChI=1S/C29H28N4O5/c34-28(31-30-19-22-13-7-8-14-23(22)33(36)37)26-24(20-9-3-1-4-10-20)27(25(26)21-11-5-2-6-12-21)29(35)32-15-17-38-18-16-32/h1-14,19,24-27H,15-18H2,(H,31,34)/t24-,25-,26?,27?/m0/s1. The molecule has 2 amide bonds. The van der Waals surface area contributed by atoms with Crippen LogP contribution < -0.4 is 5.43 Å². The van der Waals surface area contributed by atoms with Crippen molar-refractivity contribution in [2.75, 3.05) is 26.3 Å². The van der Waals surface area contributed by atoms with Crippen molar-refractivity contribution in [3.8, 4) is 0 Å². The summed E-state index contributed by atoms with van der Waals surface area (Å²) in [7, 11) is 0. The van der Waals surface area contributed by atoms with E-state index >= 15 is 0 Å². The van der Waals surface area contributed by atoms with Crippen LogP contribution in [-0.2, 0) is 14.3 Å². The molecule has 2 fully saturated rings. The van der Waals surface area contributed by atoms with Gasteiger partial charge in [-0.3, -0.25) is 19.7 Å². The number of carbonyl (C=O) groups is 2. The molecule has 9 heteroatoms. The Balaban J connectivity index is 1.47. The number of morpholine rings is 1. The zero-order chi connectivity index (χ0) is 26.5. The van der Waals surface area contributed by atoms with Gasteiger partial charge in [0.15, 0.2) is 0 Å². The van der Waals surface area contributed by atoms with Gasteiger partial charge in [-0.05, 0) is 17.2 Å². The van der Waals surface area contributed by atoms with Crippen LogP contribution in [0.5, 0.6) is 0 Å². The summed E-state index contributed by atoms with van der Waals surface area (Å²) in [6.45, 7) is 2.04. The number of nitro groups is 1. The van der Waals surface area contributed by atoms with Gasteiger partial charge < -0.3 is 9.64 Å². The van der Waals surface area contributed by atoms with Crippen LogP contribution in [-0.4, -0.2) is 54.2 Å². The largest absolute Gasteiger partial charge is 0.378 e. The Hall–Kier alpha value is -4.37. The van der Waals surface area contributed by atoms with E-state index < -0.39 is 16.8 Å². The van der Waals surface area contributed by atoms with E-state index in [1.807, 2.05) is 65.6 Å². The summed E-state index contributed by atoms with van der Waals surface area (Å²) in [6.07, 6.45) is 1.28. The smallest absolute Gasteiger partial charge is 0.278 e. The molecule has 1 N–H and O–H groups in total. The molecule has 9 nitrogen and oxygen atoms in total. The van der Waals surface area contributed by atoms with Crippen LogP contribution in [0.2, 0.25) is 0 Å². The molecule has 3 aromatic carbocycles. The number of nitrogens with one attached hydrogen (secondary N) is 1. The van der Waals surface area contributed by atoms with Gasteiger partial charge in [0, 0.05) is 31.0 Å². The number of para-hydroxylation sites is 1. The van der Waals surface area contributed by atoms with E-state index in [1.165, 1.54) is 12.3 Å². The highest BCUT2D eigenvalue weighted by molar-refractivity contribution is 5.91. The highest BCUT2D eigenvalue weighted by Gasteiger charge is 2.58. The Morgan fingerprint density at radius 2 is 1.42 bits per heavy atom. The second-order valence-electron chi connectivity index (χ2n) is 9.41. The van der Waals surface area contributed by atoms with Crippen LogP contribution >= 0.6 is 0 Å².